The van der Waals surface area contributed by atoms with Crippen LogP contribution in [0.4, 0.5) is 0 Å². The van der Waals surface area contributed by atoms with E-state index in [0.717, 1.165) is 19.4 Å². The molecule has 1 aliphatic heterocycles. The molecule has 0 radical (unpaired) electrons. The van der Waals surface area contributed by atoms with Crippen molar-refractivity contribution in [2.75, 3.05) is 25.6 Å². The molecular formula is C10H20N2O2S. The summed E-state index contributed by atoms with van der Waals surface area (Å²) >= 11 is 0. The second-order valence-corrected chi connectivity index (χ2v) is 5.58. The van der Waals surface area contributed by atoms with Crippen LogP contribution in [0.1, 0.15) is 19.8 Å². The first-order valence-corrected chi connectivity index (χ1v) is 7.06. The molecule has 0 aromatic rings. The van der Waals surface area contributed by atoms with Crippen LogP contribution in [0.25, 0.3) is 0 Å². The highest BCUT2D eigenvalue weighted by atomic mass is 32.2. The number of hydrogen-bond acceptors (Lipinski definition) is 3. The van der Waals surface area contributed by atoms with Gasteiger partial charge in [0.05, 0.1) is 6.04 Å². The smallest absolute Gasteiger partial charge is 0.239 e. The fourth-order valence-electron chi connectivity index (χ4n) is 2.03. The Morgan fingerprint density at radius 2 is 2.33 bits per heavy atom. The molecule has 1 amide bonds. The highest BCUT2D eigenvalue weighted by molar-refractivity contribution is 7.84. The number of carbonyl (C=O) groups is 1. The third-order valence-electron chi connectivity index (χ3n) is 2.83. The van der Waals surface area contributed by atoms with Gasteiger partial charge in [-0.3, -0.25) is 9.00 Å². The number of carbonyl (C=O) groups excluding carboxylic acids is 1. The zero-order valence-electron chi connectivity index (χ0n) is 9.66. The van der Waals surface area contributed by atoms with Gasteiger partial charge in [-0.15, -0.1) is 0 Å². The number of rotatable bonds is 4. The molecule has 15 heavy (non-hydrogen) atoms. The van der Waals surface area contributed by atoms with Gasteiger partial charge >= 0.3 is 0 Å². The molecule has 1 aliphatic rings. The second kappa shape index (κ2) is 5.61. The number of likely N-dealkylation sites (tertiary alicyclic amines) is 1. The van der Waals surface area contributed by atoms with Crippen LogP contribution < -0.4 is 5.32 Å². The molecule has 1 heterocycles. The van der Waals surface area contributed by atoms with Crippen molar-refractivity contribution in [2.24, 2.45) is 0 Å². The van der Waals surface area contributed by atoms with Gasteiger partial charge in [0.2, 0.25) is 5.91 Å². The van der Waals surface area contributed by atoms with Crippen LogP contribution in [0.2, 0.25) is 0 Å². The summed E-state index contributed by atoms with van der Waals surface area (Å²) in [6.07, 6.45) is 3.62. The van der Waals surface area contributed by atoms with Gasteiger partial charge in [-0.25, -0.2) is 0 Å². The number of amides is 1. The molecular weight excluding hydrogens is 212 g/mol. The third-order valence-corrected chi connectivity index (χ3v) is 3.78. The molecule has 3 unspecified atom stereocenters. The van der Waals surface area contributed by atoms with E-state index in [-0.39, 0.29) is 18.0 Å². The summed E-state index contributed by atoms with van der Waals surface area (Å²) in [6, 6.07) is 0.0333. The van der Waals surface area contributed by atoms with Crippen LogP contribution >= 0.6 is 0 Å². The van der Waals surface area contributed by atoms with Gasteiger partial charge in [-0.1, -0.05) is 0 Å². The molecule has 1 saturated heterocycles. The molecule has 0 aromatic carbocycles. The summed E-state index contributed by atoms with van der Waals surface area (Å²) in [4.78, 5) is 13.8. The van der Waals surface area contributed by atoms with E-state index >= 15 is 0 Å². The summed E-state index contributed by atoms with van der Waals surface area (Å²) in [5.41, 5.74) is 0. The number of hydrogen-bond donors (Lipinski definition) is 1. The topological polar surface area (TPSA) is 49.4 Å². The van der Waals surface area contributed by atoms with Crippen LogP contribution in [0.15, 0.2) is 0 Å². The molecule has 3 atom stereocenters. The SMILES string of the molecule is CNC1CCCN(C(C)CS(C)=O)C1=O. The number of piperidine rings is 1. The molecule has 1 fully saturated rings. The summed E-state index contributed by atoms with van der Waals surface area (Å²) in [5.74, 6) is 0.726. The van der Waals surface area contributed by atoms with Crippen molar-refractivity contribution in [3.8, 4) is 0 Å². The highest BCUT2D eigenvalue weighted by Crippen LogP contribution is 2.14. The van der Waals surface area contributed by atoms with Gasteiger partial charge in [0.1, 0.15) is 0 Å². The maximum atomic E-state index is 11.9. The summed E-state index contributed by atoms with van der Waals surface area (Å²) in [7, 11) is 0.974. The van der Waals surface area contributed by atoms with Gasteiger partial charge in [0, 0.05) is 35.4 Å². The van der Waals surface area contributed by atoms with Crippen molar-refractivity contribution < 1.29 is 9.00 Å². The number of likely N-dealkylation sites (N-methyl/N-ethyl adjacent to an activating group) is 1. The van der Waals surface area contributed by atoms with Crippen molar-refractivity contribution in [1.82, 2.24) is 10.2 Å². The lowest BCUT2D eigenvalue weighted by atomic mass is 10.0. The normalized spacial score (nSPS) is 26.5. The Kier molecular flexibility index (Phi) is 4.73. The van der Waals surface area contributed by atoms with Crippen LogP contribution in [0.3, 0.4) is 0 Å². The molecule has 0 aliphatic carbocycles. The Hall–Kier alpha value is -0.420. The molecule has 0 spiro atoms. The molecule has 0 aromatic heterocycles. The lowest BCUT2D eigenvalue weighted by molar-refractivity contribution is -0.137. The van der Waals surface area contributed by atoms with Crippen LogP contribution in [-0.2, 0) is 15.6 Å². The first kappa shape index (κ1) is 12.6. The fourth-order valence-corrected chi connectivity index (χ4v) is 2.89. The van der Waals surface area contributed by atoms with Crippen molar-refractivity contribution in [2.45, 2.75) is 31.8 Å². The van der Waals surface area contributed by atoms with Gasteiger partial charge in [-0.05, 0) is 26.8 Å². The van der Waals surface area contributed by atoms with Gasteiger partial charge < -0.3 is 10.2 Å². The maximum Gasteiger partial charge on any atom is 0.239 e. The van der Waals surface area contributed by atoms with Crippen LogP contribution in [0.5, 0.6) is 0 Å². The molecule has 0 bridgehead atoms. The Morgan fingerprint density at radius 3 is 2.87 bits per heavy atom. The van der Waals surface area contributed by atoms with Crippen molar-refractivity contribution >= 4 is 16.7 Å². The monoisotopic (exact) mass is 232 g/mol. The molecule has 0 saturated carbocycles. The first-order chi connectivity index (χ1) is 7.06. The van der Waals surface area contributed by atoms with E-state index in [0.29, 0.717) is 5.75 Å². The third kappa shape index (κ3) is 3.28. The van der Waals surface area contributed by atoms with E-state index < -0.39 is 10.8 Å². The van der Waals surface area contributed by atoms with E-state index in [1.807, 2.05) is 18.9 Å². The zero-order chi connectivity index (χ0) is 11.4. The van der Waals surface area contributed by atoms with Crippen molar-refractivity contribution in [3.05, 3.63) is 0 Å². The van der Waals surface area contributed by atoms with E-state index in [2.05, 4.69) is 5.32 Å². The van der Waals surface area contributed by atoms with E-state index in [4.69, 9.17) is 0 Å². The van der Waals surface area contributed by atoms with Crippen molar-refractivity contribution in [3.63, 3.8) is 0 Å². The second-order valence-electron chi connectivity index (χ2n) is 4.10. The minimum Gasteiger partial charge on any atom is -0.338 e. The van der Waals surface area contributed by atoms with Gasteiger partial charge in [0.15, 0.2) is 0 Å². The minimum atomic E-state index is -0.840. The standard InChI is InChI=1S/C10H20N2O2S/c1-8(7-15(3)14)12-6-4-5-9(11-2)10(12)13/h8-9,11H,4-7H2,1-3H3. The molecule has 1 rings (SSSR count). The van der Waals surface area contributed by atoms with E-state index in [1.165, 1.54) is 0 Å². The summed E-state index contributed by atoms with van der Waals surface area (Å²) in [6.45, 7) is 2.77. The maximum absolute atomic E-state index is 11.9. The van der Waals surface area contributed by atoms with Gasteiger partial charge in [-0.2, -0.15) is 0 Å². The lowest BCUT2D eigenvalue weighted by Gasteiger charge is -2.36. The lowest BCUT2D eigenvalue weighted by Crippen LogP contribution is -2.53. The minimum absolute atomic E-state index is 0.0495. The number of nitrogens with zero attached hydrogens (tertiary/aromatic N) is 1. The van der Waals surface area contributed by atoms with E-state index in [9.17, 15) is 9.00 Å². The molecule has 4 nitrogen and oxygen atoms in total. The predicted molar refractivity (Wildman–Crippen MR) is 62.2 cm³/mol. The molecule has 88 valence electrons. The van der Waals surface area contributed by atoms with E-state index in [1.54, 1.807) is 6.26 Å². The average Bonchev–Trinajstić information content (AvgIpc) is 2.17. The first-order valence-electron chi connectivity index (χ1n) is 5.34. The Morgan fingerprint density at radius 1 is 1.67 bits per heavy atom. The Balaban J connectivity index is 2.60. The van der Waals surface area contributed by atoms with Crippen molar-refractivity contribution in [1.29, 1.82) is 0 Å². The van der Waals surface area contributed by atoms with Gasteiger partial charge in [0.25, 0.3) is 0 Å². The Bertz CT molecular complexity index is 258. The Labute approximate surface area is 93.9 Å². The van der Waals surface area contributed by atoms with Crippen LogP contribution in [-0.4, -0.2) is 52.7 Å². The quantitative estimate of drug-likeness (QED) is 0.740. The fraction of sp³-hybridized carbons (Fsp3) is 0.900. The van der Waals surface area contributed by atoms with Crippen LogP contribution in [0, 0.1) is 0 Å². The number of nitrogens with one attached hydrogen (secondary N) is 1. The molecule has 5 heteroatoms. The largest absolute Gasteiger partial charge is 0.338 e. The zero-order valence-corrected chi connectivity index (χ0v) is 10.5. The summed E-state index contributed by atoms with van der Waals surface area (Å²) in [5, 5.41) is 3.02. The highest BCUT2D eigenvalue weighted by Gasteiger charge is 2.30. The summed E-state index contributed by atoms with van der Waals surface area (Å²) < 4.78 is 11.1. The molecule has 1 N–H and O–H groups in total. The average molecular weight is 232 g/mol. The predicted octanol–water partition coefficient (Wildman–Crippen LogP) is -0.0362.